The summed E-state index contributed by atoms with van der Waals surface area (Å²) in [4.78, 5) is 40.2. The normalized spacial score (nSPS) is 17.9. The first-order valence-electron chi connectivity index (χ1n) is 13.1. The van der Waals surface area contributed by atoms with Crippen LogP contribution >= 0.6 is 0 Å². The summed E-state index contributed by atoms with van der Waals surface area (Å²) in [5.74, 6) is -4.40. The number of nitrogens with one attached hydrogen (secondary N) is 2. The van der Waals surface area contributed by atoms with Gasteiger partial charge in [-0.25, -0.2) is 8.78 Å². The maximum absolute atomic E-state index is 14.8. The van der Waals surface area contributed by atoms with Gasteiger partial charge in [-0.1, -0.05) is 19.1 Å². The van der Waals surface area contributed by atoms with Crippen LogP contribution in [0.2, 0.25) is 0 Å². The van der Waals surface area contributed by atoms with Crippen LogP contribution in [0.4, 0.5) is 8.78 Å². The SMILES string of the molecule is CC[C@@H](NC(=O)c1ccc(O/C(=C/C(C)=N)C(N)=O)c(F)c1)C(=O)N1[C@H](c2cccc(F)c2)CC[C@@H]1C(C)(C)C#N. The fourth-order valence-electron chi connectivity index (χ4n) is 4.89. The number of rotatable bonds is 10. The van der Waals surface area contributed by atoms with Gasteiger partial charge in [-0.05, 0) is 75.9 Å². The molecular weight excluding hydrogens is 532 g/mol. The molecule has 9 nitrogen and oxygen atoms in total. The van der Waals surface area contributed by atoms with Crippen LogP contribution in [0.3, 0.4) is 0 Å². The van der Waals surface area contributed by atoms with E-state index in [4.69, 9.17) is 15.9 Å². The minimum absolute atomic E-state index is 0.0384. The molecule has 1 aliphatic rings. The van der Waals surface area contributed by atoms with E-state index in [2.05, 4.69) is 11.4 Å². The highest BCUT2D eigenvalue weighted by atomic mass is 19.1. The van der Waals surface area contributed by atoms with E-state index in [-0.39, 0.29) is 23.4 Å². The van der Waals surface area contributed by atoms with Crippen LogP contribution in [0.15, 0.2) is 54.3 Å². The van der Waals surface area contributed by atoms with Crippen LogP contribution in [0.25, 0.3) is 0 Å². The minimum Gasteiger partial charge on any atom is -0.448 e. The van der Waals surface area contributed by atoms with Crippen LogP contribution < -0.4 is 15.8 Å². The molecule has 3 rings (SSSR count). The van der Waals surface area contributed by atoms with Crippen molar-refractivity contribution < 1.29 is 27.9 Å². The Hall–Kier alpha value is -4.59. The average molecular weight is 566 g/mol. The van der Waals surface area contributed by atoms with Gasteiger partial charge in [0.05, 0.1) is 23.6 Å². The second kappa shape index (κ2) is 12.7. The van der Waals surface area contributed by atoms with E-state index in [0.29, 0.717) is 18.4 Å². The van der Waals surface area contributed by atoms with Crippen molar-refractivity contribution in [1.82, 2.24) is 10.2 Å². The molecule has 0 aromatic heterocycles. The lowest BCUT2D eigenvalue weighted by Gasteiger charge is -2.38. The Morgan fingerprint density at radius 3 is 2.51 bits per heavy atom. The number of ether oxygens (including phenoxy) is 1. The summed E-state index contributed by atoms with van der Waals surface area (Å²) >= 11 is 0. The molecule has 0 bridgehead atoms. The second-order valence-electron chi connectivity index (χ2n) is 10.5. The average Bonchev–Trinajstić information content (AvgIpc) is 3.38. The van der Waals surface area contributed by atoms with Gasteiger partial charge < -0.3 is 26.1 Å². The van der Waals surface area contributed by atoms with E-state index in [1.165, 1.54) is 25.1 Å². The largest absolute Gasteiger partial charge is 0.448 e. The number of nitriles is 1. The molecule has 0 radical (unpaired) electrons. The first kappa shape index (κ1) is 30.9. The van der Waals surface area contributed by atoms with E-state index < -0.39 is 58.7 Å². The molecule has 0 unspecified atom stereocenters. The summed E-state index contributed by atoms with van der Waals surface area (Å²) < 4.78 is 34.1. The molecule has 4 N–H and O–H groups in total. The van der Waals surface area contributed by atoms with Gasteiger partial charge in [-0.2, -0.15) is 5.26 Å². The van der Waals surface area contributed by atoms with Gasteiger partial charge in [0.1, 0.15) is 11.9 Å². The lowest BCUT2D eigenvalue weighted by molar-refractivity contribution is -0.138. The molecule has 0 spiro atoms. The standard InChI is InChI=1S/C30H33F2N5O4/c1-5-22(36-28(39)19-9-11-24(21(32)15-19)41-25(27(35)38)13-17(2)34)29(40)37-23(18-7-6-8-20(31)14-18)10-12-26(37)30(3,4)16-33/h6-9,11,13-15,22-23,26,34H,5,10,12H2,1-4H3,(H2,35,38)(H,36,39)/b25-13+,34-17?/t22-,23+,26-/m1/s1. The molecule has 1 heterocycles. The molecule has 1 fully saturated rings. The summed E-state index contributed by atoms with van der Waals surface area (Å²) in [6.07, 6.45) is 2.28. The van der Waals surface area contributed by atoms with Crippen LogP contribution in [-0.2, 0) is 9.59 Å². The van der Waals surface area contributed by atoms with Crippen molar-refractivity contribution in [3.8, 4) is 11.8 Å². The predicted octanol–water partition coefficient (Wildman–Crippen LogP) is 4.54. The fourth-order valence-corrected chi connectivity index (χ4v) is 4.89. The third-order valence-electron chi connectivity index (χ3n) is 7.01. The number of amides is 3. The maximum atomic E-state index is 14.8. The first-order chi connectivity index (χ1) is 19.3. The van der Waals surface area contributed by atoms with Crippen molar-refractivity contribution in [1.29, 1.82) is 10.7 Å². The van der Waals surface area contributed by atoms with Crippen LogP contribution in [0.5, 0.6) is 5.75 Å². The maximum Gasteiger partial charge on any atom is 0.284 e. The van der Waals surface area contributed by atoms with Crippen LogP contribution in [-0.4, -0.2) is 40.4 Å². The molecule has 2 aromatic carbocycles. The Balaban J connectivity index is 1.86. The monoisotopic (exact) mass is 565 g/mol. The number of carbonyl (C=O) groups excluding carboxylic acids is 3. The molecule has 3 amide bonds. The number of carbonyl (C=O) groups is 3. The van der Waals surface area contributed by atoms with Crippen molar-refractivity contribution in [3.05, 3.63) is 77.1 Å². The Bertz CT molecular complexity index is 1430. The molecule has 1 aliphatic heterocycles. The lowest BCUT2D eigenvalue weighted by atomic mass is 9.84. The molecule has 3 atom stereocenters. The van der Waals surface area contributed by atoms with E-state index >= 15 is 0 Å². The molecule has 0 aliphatic carbocycles. The number of primary amides is 1. The van der Waals surface area contributed by atoms with Crippen LogP contribution in [0, 0.1) is 33.8 Å². The summed E-state index contributed by atoms with van der Waals surface area (Å²) in [5.41, 5.74) is 4.76. The topological polar surface area (TPSA) is 149 Å². The Labute approximate surface area is 237 Å². The number of nitrogens with zero attached hydrogens (tertiary/aromatic N) is 2. The van der Waals surface area contributed by atoms with Crippen molar-refractivity contribution in [2.75, 3.05) is 0 Å². The van der Waals surface area contributed by atoms with Crippen LogP contribution in [0.1, 0.15) is 68.9 Å². The van der Waals surface area contributed by atoms with Crippen molar-refractivity contribution >= 4 is 23.4 Å². The number of halogens is 2. The number of nitrogens with two attached hydrogens (primary N) is 1. The van der Waals surface area contributed by atoms with Gasteiger partial charge >= 0.3 is 0 Å². The third-order valence-corrected chi connectivity index (χ3v) is 7.01. The molecule has 2 aromatic rings. The van der Waals surface area contributed by atoms with Gasteiger partial charge in [-0.15, -0.1) is 0 Å². The minimum atomic E-state index is -1.01. The molecule has 0 saturated carbocycles. The van der Waals surface area contributed by atoms with Gasteiger partial charge in [0.15, 0.2) is 17.3 Å². The number of benzene rings is 2. The Morgan fingerprint density at radius 1 is 1.24 bits per heavy atom. The zero-order chi connectivity index (χ0) is 30.5. The zero-order valence-electron chi connectivity index (χ0n) is 23.3. The van der Waals surface area contributed by atoms with E-state index in [0.717, 1.165) is 18.2 Å². The lowest BCUT2D eigenvalue weighted by Crippen LogP contribution is -2.53. The highest BCUT2D eigenvalue weighted by molar-refractivity contribution is 6.00. The first-order valence-corrected chi connectivity index (χ1v) is 13.1. The van der Waals surface area contributed by atoms with Gasteiger partial charge in [0.25, 0.3) is 11.8 Å². The third kappa shape index (κ3) is 7.14. The summed E-state index contributed by atoms with van der Waals surface area (Å²) in [5, 5.41) is 19.9. The molecular formula is C30H33F2N5O4. The quantitative estimate of drug-likeness (QED) is 0.220. The number of likely N-dealkylation sites (tertiary alicyclic amines) is 1. The van der Waals surface area contributed by atoms with E-state index in [9.17, 15) is 28.4 Å². The summed E-state index contributed by atoms with van der Waals surface area (Å²) in [6, 6.07) is 9.53. The molecule has 41 heavy (non-hydrogen) atoms. The van der Waals surface area contributed by atoms with Gasteiger partial charge in [0, 0.05) is 17.4 Å². The van der Waals surface area contributed by atoms with Gasteiger partial charge in [-0.3, -0.25) is 14.4 Å². The number of allylic oxidation sites excluding steroid dienone is 1. The predicted molar refractivity (Wildman–Crippen MR) is 148 cm³/mol. The van der Waals surface area contributed by atoms with E-state index in [1.54, 1.807) is 37.8 Å². The zero-order valence-corrected chi connectivity index (χ0v) is 23.3. The Kier molecular flexibility index (Phi) is 9.60. The second-order valence-corrected chi connectivity index (χ2v) is 10.5. The van der Waals surface area contributed by atoms with Gasteiger partial charge in [0.2, 0.25) is 5.91 Å². The smallest absolute Gasteiger partial charge is 0.284 e. The Morgan fingerprint density at radius 2 is 1.95 bits per heavy atom. The molecule has 11 heteroatoms. The summed E-state index contributed by atoms with van der Waals surface area (Å²) in [7, 11) is 0. The molecule has 1 saturated heterocycles. The van der Waals surface area contributed by atoms with Crippen molar-refractivity contribution in [3.63, 3.8) is 0 Å². The van der Waals surface area contributed by atoms with E-state index in [1.807, 2.05) is 0 Å². The highest BCUT2D eigenvalue weighted by Crippen LogP contribution is 2.43. The molecule has 216 valence electrons. The fraction of sp³-hybridized carbons (Fsp3) is 0.367. The van der Waals surface area contributed by atoms with Crippen molar-refractivity contribution in [2.45, 2.75) is 65.1 Å². The highest BCUT2D eigenvalue weighted by Gasteiger charge is 2.47. The van der Waals surface area contributed by atoms with Crippen molar-refractivity contribution in [2.24, 2.45) is 11.1 Å². The number of hydrogen-bond donors (Lipinski definition) is 3. The number of hydrogen-bond acceptors (Lipinski definition) is 6. The summed E-state index contributed by atoms with van der Waals surface area (Å²) in [6.45, 7) is 6.56.